The third kappa shape index (κ3) is 6.42. The zero-order valence-corrected chi connectivity index (χ0v) is 21.2. The number of hydrogen-bond acceptors (Lipinski definition) is 4. The summed E-state index contributed by atoms with van der Waals surface area (Å²) in [5, 5.41) is 6.22. The molecule has 0 bridgehead atoms. The fourth-order valence-corrected chi connectivity index (χ4v) is 4.73. The fraction of sp³-hybridized carbons (Fsp3) is 0.208. The maximum absolute atomic E-state index is 12.7. The molecule has 0 aliphatic carbocycles. The van der Waals surface area contributed by atoms with Gasteiger partial charge in [0.25, 0.3) is 10.0 Å². The van der Waals surface area contributed by atoms with Gasteiger partial charge in [-0.2, -0.15) is 0 Å². The summed E-state index contributed by atoms with van der Waals surface area (Å²) in [4.78, 5) is 12.4. The molecule has 5 N–H and O–H groups in total. The Balaban J connectivity index is 1.63. The molecule has 1 atom stereocenters. The number of benzene rings is 3. The van der Waals surface area contributed by atoms with Crippen LogP contribution in [0.2, 0.25) is 10.0 Å². The molecular formula is C24H26Cl2N4O3S. The molecule has 0 radical (unpaired) electrons. The summed E-state index contributed by atoms with van der Waals surface area (Å²) in [7, 11) is -3.81. The van der Waals surface area contributed by atoms with Crippen molar-refractivity contribution in [2.24, 2.45) is 5.73 Å². The first-order valence-electron chi connectivity index (χ1n) is 10.4. The van der Waals surface area contributed by atoms with E-state index in [-0.39, 0.29) is 4.90 Å². The number of halogens is 2. The van der Waals surface area contributed by atoms with Gasteiger partial charge in [-0.25, -0.2) is 13.2 Å². The van der Waals surface area contributed by atoms with Crippen LogP contribution in [0.15, 0.2) is 71.6 Å². The minimum atomic E-state index is -3.81. The summed E-state index contributed by atoms with van der Waals surface area (Å²) in [6.07, 6.45) is 0. The highest BCUT2D eigenvalue weighted by Crippen LogP contribution is 2.30. The summed E-state index contributed by atoms with van der Waals surface area (Å²) in [6.45, 7) is 5.52. The molecule has 0 heterocycles. The topological polar surface area (TPSA) is 113 Å². The van der Waals surface area contributed by atoms with E-state index in [2.05, 4.69) is 15.4 Å². The highest BCUT2D eigenvalue weighted by molar-refractivity contribution is 7.92. The lowest BCUT2D eigenvalue weighted by Crippen LogP contribution is -2.31. The maximum atomic E-state index is 12.7. The second-order valence-electron chi connectivity index (χ2n) is 8.39. The van der Waals surface area contributed by atoms with Crippen LogP contribution < -0.4 is 21.1 Å². The molecule has 7 nitrogen and oxygen atoms in total. The molecule has 0 saturated carbocycles. The molecule has 10 heteroatoms. The third-order valence-corrected chi connectivity index (χ3v) is 7.33. The van der Waals surface area contributed by atoms with Crippen LogP contribution in [-0.4, -0.2) is 14.4 Å². The Morgan fingerprint density at radius 3 is 2.12 bits per heavy atom. The Hall–Kier alpha value is -2.78. The van der Waals surface area contributed by atoms with Gasteiger partial charge >= 0.3 is 6.03 Å². The first-order valence-corrected chi connectivity index (χ1v) is 12.6. The average molecular weight is 521 g/mol. The Kier molecular flexibility index (Phi) is 7.77. The van der Waals surface area contributed by atoms with Gasteiger partial charge in [0.05, 0.1) is 21.0 Å². The highest BCUT2D eigenvalue weighted by atomic mass is 35.5. The van der Waals surface area contributed by atoms with Crippen LogP contribution in [0.5, 0.6) is 0 Å². The monoisotopic (exact) mass is 520 g/mol. The SMILES string of the molecule is C[C@H](NC(=O)Nc1ccc(S(=O)(=O)Nc2ccc(C(C)(C)N)cc2)cc1)c1cccc(Cl)c1Cl. The van der Waals surface area contributed by atoms with Crippen molar-refractivity contribution in [1.29, 1.82) is 0 Å². The van der Waals surface area contributed by atoms with Gasteiger partial charge in [-0.05, 0) is 74.4 Å². The van der Waals surface area contributed by atoms with E-state index < -0.39 is 27.6 Å². The van der Waals surface area contributed by atoms with Crippen molar-refractivity contribution in [3.63, 3.8) is 0 Å². The zero-order valence-electron chi connectivity index (χ0n) is 18.9. The van der Waals surface area contributed by atoms with E-state index in [0.717, 1.165) is 5.56 Å². The number of anilines is 2. The minimum Gasteiger partial charge on any atom is -0.331 e. The summed E-state index contributed by atoms with van der Waals surface area (Å²) in [5.74, 6) is 0. The van der Waals surface area contributed by atoms with Gasteiger partial charge in [0, 0.05) is 16.9 Å². The van der Waals surface area contributed by atoms with E-state index in [1.54, 1.807) is 49.4 Å². The van der Waals surface area contributed by atoms with Crippen LogP contribution in [0, 0.1) is 0 Å². The molecule has 3 rings (SSSR count). The summed E-state index contributed by atoms with van der Waals surface area (Å²) in [5.41, 5.74) is 7.95. The molecule has 180 valence electrons. The van der Waals surface area contributed by atoms with E-state index in [4.69, 9.17) is 28.9 Å². The molecule has 2 amide bonds. The first-order chi connectivity index (χ1) is 15.9. The van der Waals surface area contributed by atoms with Gasteiger partial charge in [-0.15, -0.1) is 0 Å². The molecule has 0 aromatic heterocycles. The number of nitrogens with one attached hydrogen (secondary N) is 3. The fourth-order valence-electron chi connectivity index (χ4n) is 3.20. The van der Waals surface area contributed by atoms with Crippen molar-refractivity contribution in [3.05, 3.63) is 87.9 Å². The molecule has 0 fully saturated rings. The summed E-state index contributed by atoms with van der Waals surface area (Å²) >= 11 is 12.2. The number of carbonyl (C=O) groups excluding carboxylic acids is 1. The largest absolute Gasteiger partial charge is 0.331 e. The molecule has 0 aliphatic rings. The number of nitrogens with two attached hydrogens (primary N) is 1. The Morgan fingerprint density at radius 2 is 1.53 bits per heavy atom. The predicted octanol–water partition coefficient (Wildman–Crippen LogP) is 5.87. The van der Waals surface area contributed by atoms with Gasteiger partial charge in [0.2, 0.25) is 0 Å². The van der Waals surface area contributed by atoms with Crippen LogP contribution in [0.4, 0.5) is 16.2 Å². The number of carbonyl (C=O) groups is 1. The standard InChI is InChI=1S/C24H26Cl2N4O3S/c1-15(20-5-4-6-21(25)22(20)26)28-23(31)29-17-11-13-19(14-12-17)34(32,33)30-18-9-7-16(8-10-18)24(2,3)27/h4-15,30H,27H2,1-3H3,(H2,28,29,31)/t15-/m0/s1. The number of amides is 2. The molecule has 0 aliphatic heterocycles. The number of sulfonamides is 1. The van der Waals surface area contributed by atoms with Crippen molar-refractivity contribution < 1.29 is 13.2 Å². The zero-order chi connectivity index (χ0) is 25.1. The smallest absolute Gasteiger partial charge is 0.319 e. The Labute approximate surface area is 209 Å². The van der Waals surface area contributed by atoms with Gasteiger partial charge in [-0.1, -0.05) is 47.5 Å². The average Bonchev–Trinajstić information content (AvgIpc) is 2.75. The van der Waals surface area contributed by atoms with E-state index in [0.29, 0.717) is 27.0 Å². The van der Waals surface area contributed by atoms with E-state index in [1.165, 1.54) is 24.3 Å². The van der Waals surface area contributed by atoms with Gasteiger partial charge < -0.3 is 16.4 Å². The van der Waals surface area contributed by atoms with Crippen molar-refractivity contribution in [2.75, 3.05) is 10.0 Å². The second kappa shape index (κ2) is 10.2. The normalized spacial score (nSPS) is 12.6. The van der Waals surface area contributed by atoms with Gasteiger partial charge in [0.15, 0.2) is 0 Å². The van der Waals surface area contributed by atoms with Crippen molar-refractivity contribution in [3.8, 4) is 0 Å². The lowest BCUT2D eigenvalue weighted by atomic mass is 9.96. The van der Waals surface area contributed by atoms with Crippen molar-refractivity contribution in [1.82, 2.24) is 5.32 Å². The van der Waals surface area contributed by atoms with E-state index >= 15 is 0 Å². The van der Waals surface area contributed by atoms with Gasteiger partial charge in [0.1, 0.15) is 0 Å². The highest BCUT2D eigenvalue weighted by Gasteiger charge is 2.18. The second-order valence-corrected chi connectivity index (χ2v) is 10.9. The van der Waals surface area contributed by atoms with Crippen LogP contribution in [0.25, 0.3) is 0 Å². The van der Waals surface area contributed by atoms with Crippen LogP contribution in [0.3, 0.4) is 0 Å². The van der Waals surface area contributed by atoms with Crippen LogP contribution in [-0.2, 0) is 15.6 Å². The Bertz CT molecular complexity index is 1270. The quantitative estimate of drug-likeness (QED) is 0.311. The van der Waals surface area contributed by atoms with Gasteiger partial charge in [-0.3, -0.25) is 4.72 Å². The lowest BCUT2D eigenvalue weighted by Gasteiger charge is -2.19. The number of urea groups is 1. The summed E-state index contributed by atoms with van der Waals surface area (Å²) < 4.78 is 28.0. The number of hydrogen-bond donors (Lipinski definition) is 4. The number of rotatable bonds is 7. The molecule has 34 heavy (non-hydrogen) atoms. The molecule has 0 spiro atoms. The molecular weight excluding hydrogens is 495 g/mol. The van der Waals surface area contributed by atoms with Crippen LogP contribution >= 0.6 is 23.2 Å². The minimum absolute atomic E-state index is 0.0563. The predicted molar refractivity (Wildman–Crippen MR) is 138 cm³/mol. The molecule has 0 saturated heterocycles. The van der Waals surface area contributed by atoms with Crippen molar-refractivity contribution >= 4 is 50.6 Å². The first kappa shape index (κ1) is 25.8. The molecule has 3 aromatic carbocycles. The summed E-state index contributed by atoms with van der Waals surface area (Å²) in [6, 6.07) is 17.0. The molecule has 0 unspecified atom stereocenters. The van der Waals surface area contributed by atoms with Crippen LogP contribution in [0.1, 0.15) is 37.9 Å². The maximum Gasteiger partial charge on any atom is 0.319 e. The lowest BCUT2D eigenvalue weighted by molar-refractivity contribution is 0.249. The Morgan fingerprint density at radius 1 is 0.941 bits per heavy atom. The van der Waals surface area contributed by atoms with E-state index in [9.17, 15) is 13.2 Å². The van der Waals surface area contributed by atoms with E-state index in [1.807, 2.05) is 13.8 Å². The van der Waals surface area contributed by atoms with Crippen molar-refractivity contribution in [2.45, 2.75) is 37.2 Å². The third-order valence-electron chi connectivity index (χ3n) is 5.10. The molecule has 3 aromatic rings.